The molecular weight excluding hydrogens is 360 g/mol. The Labute approximate surface area is 167 Å². The van der Waals surface area contributed by atoms with Gasteiger partial charge in [-0.2, -0.15) is 0 Å². The summed E-state index contributed by atoms with van der Waals surface area (Å²) in [5, 5.41) is 38.7. The molecular formula is C22H34O6. The number of ether oxygens (including phenoxy) is 1. The molecule has 1 aliphatic rings. The minimum atomic E-state index is -0.978. The standard InChI is InChI=1S/C22H34O6/c1-2-3-4-5-6-7-8-9-10-11-17(23)12-14-20-19(25)16-21(28-20)18(24)13-15-22(26)27/h3-4,6-7,9-10,12,14,17-21,23-25H,2,5,8,11,13,15-16H2,1H3,(H,26,27)/b4-3-,7-6-,10-9-,14-12+/t17-,18+,19-,20+,21-/m1/s1. The second-order valence-electron chi connectivity index (χ2n) is 6.92. The number of aliphatic carboxylic acids is 1. The molecule has 158 valence electrons. The van der Waals surface area contributed by atoms with Crippen molar-refractivity contribution in [1.29, 1.82) is 0 Å². The first-order chi connectivity index (χ1) is 13.4. The van der Waals surface area contributed by atoms with E-state index in [-0.39, 0.29) is 19.3 Å². The van der Waals surface area contributed by atoms with Crippen molar-refractivity contribution in [2.75, 3.05) is 0 Å². The maximum atomic E-state index is 10.6. The van der Waals surface area contributed by atoms with Crippen molar-refractivity contribution in [2.45, 2.75) is 82.4 Å². The molecule has 0 radical (unpaired) electrons. The van der Waals surface area contributed by atoms with Crippen LogP contribution in [0.4, 0.5) is 0 Å². The van der Waals surface area contributed by atoms with Crippen LogP contribution in [0.2, 0.25) is 0 Å². The predicted octanol–water partition coefficient (Wildman–Crippen LogP) is 2.90. The summed E-state index contributed by atoms with van der Waals surface area (Å²) in [6.07, 6.45) is 15.4. The van der Waals surface area contributed by atoms with Crippen LogP contribution in [0.15, 0.2) is 48.6 Å². The summed E-state index contributed by atoms with van der Waals surface area (Å²) in [6.45, 7) is 2.10. The first-order valence-corrected chi connectivity index (χ1v) is 9.98. The van der Waals surface area contributed by atoms with E-state index in [9.17, 15) is 20.1 Å². The Morgan fingerprint density at radius 3 is 2.39 bits per heavy atom. The lowest BCUT2D eigenvalue weighted by molar-refractivity contribution is -0.138. The number of aliphatic hydroxyl groups is 3. The lowest BCUT2D eigenvalue weighted by Crippen LogP contribution is -2.26. The van der Waals surface area contributed by atoms with Gasteiger partial charge in [0.1, 0.15) is 6.10 Å². The number of carbonyl (C=O) groups is 1. The Hall–Kier alpha value is -1.73. The molecule has 0 amide bonds. The van der Waals surface area contributed by atoms with Gasteiger partial charge in [-0.1, -0.05) is 55.5 Å². The molecule has 1 fully saturated rings. The Balaban J connectivity index is 2.29. The Morgan fingerprint density at radius 1 is 1.11 bits per heavy atom. The highest BCUT2D eigenvalue weighted by Gasteiger charge is 2.36. The fourth-order valence-corrected chi connectivity index (χ4v) is 2.86. The average molecular weight is 395 g/mol. The topological polar surface area (TPSA) is 107 Å². The number of allylic oxidation sites excluding steroid dienone is 5. The number of carboxylic acids is 1. The molecule has 6 nitrogen and oxygen atoms in total. The second kappa shape index (κ2) is 14.3. The van der Waals surface area contributed by atoms with Crippen LogP contribution in [0.5, 0.6) is 0 Å². The smallest absolute Gasteiger partial charge is 0.303 e. The molecule has 0 aromatic carbocycles. The van der Waals surface area contributed by atoms with Crippen LogP contribution >= 0.6 is 0 Å². The summed E-state index contributed by atoms with van der Waals surface area (Å²) in [7, 11) is 0. The maximum absolute atomic E-state index is 10.6. The van der Waals surface area contributed by atoms with Gasteiger partial charge in [-0.15, -0.1) is 0 Å². The molecule has 1 aliphatic heterocycles. The molecule has 0 aliphatic carbocycles. The molecule has 1 saturated heterocycles. The van der Waals surface area contributed by atoms with Crippen molar-refractivity contribution in [3.8, 4) is 0 Å². The van der Waals surface area contributed by atoms with E-state index in [1.54, 1.807) is 12.2 Å². The molecule has 0 spiro atoms. The van der Waals surface area contributed by atoms with E-state index in [1.807, 2.05) is 12.2 Å². The molecule has 0 bridgehead atoms. The molecule has 28 heavy (non-hydrogen) atoms. The molecule has 0 aromatic heterocycles. The molecule has 0 aromatic rings. The molecule has 1 heterocycles. The van der Waals surface area contributed by atoms with E-state index in [2.05, 4.69) is 31.2 Å². The number of carboxylic acid groups (broad SMARTS) is 1. The van der Waals surface area contributed by atoms with E-state index >= 15 is 0 Å². The predicted molar refractivity (Wildman–Crippen MR) is 109 cm³/mol. The number of rotatable bonds is 13. The van der Waals surface area contributed by atoms with E-state index in [0.29, 0.717) is 6.42 Å². The van der Waals surface area contributed by atoms with Crippen LogP contribution in [0.25, 0.3) is 0 Å². The summed E-state index contributed by atoms with van der Waals surface area (Å²) in [5.74, 6) is -0.978. The third kappa shape index (κ3) is 10.6. The molecule has 1 rings (SSSR count). The van der Waals surface area contributed by atoms with Gasteiger partial charge in [-0.05, 0) is 32.1 Å². The van der Waals surface area contributed by atoms with Gasteiger partial charge in [0.15, 0.2) is 0 Å². The minimum Gasteiger partial charge on any atom is -0.481 e. The van der Waals surface area contributed by atoms with E-state index in [1.165, 1.54) is 0 Å². The quantitative estimate of drug-likeness (QED) is 0.358. The average Bonchev–Trinajstić information content (AvgIpc) is 3.04. The van der Waals surface area contributed by atoms with Crippen molar-refractivity contribution in [3.05, 3.63) is 48.6 Å². The molecule has 4 N–H and O–H groups in total. The Bertz CT molecular complexity index is 551. The summed E-state index contributed by atoms with van der Waals surface area (Å²) in [6, 6.07) is 0. The maximum Gasteiger partial charge on any atom is 0.303 e. The van der Waals surface area contributed by atoms with Gasteiger partial charge >= 0.3 is 5.97 Å². The van der Waals surface area contributed by atoms with Crippen LogP contribution in [0, 0.1) is 0 Å². The zero-order valence-electron chi connectivity index (χ0n) is 16.6. The fraction of sp³-hybridized carbons (Fsp3) is 0.591. The van der Waals surface area contributed by atoms with Crippen molar-refractivity contribution in [1.82, 2.24) is 0 Å². The van der Waals surface area contributed by atoms with Crippen molar-refractivity contribution >= 4 is 5.97 Å². The Kier molecular flexibility index (Phi) is 12.4. The van der Waals surface area contributed by atoms with Gasteiger partial charge in [-0.25, -0.2) is 0 Å². The number of aliphatic hydroxyl groups excluding tert-OH is 3. The lowest BCUT2D eigenvalue weighted by Gasteiger charge is -2.17. The molecule has 0 unspecified atom stereocenters. The van der Waals surface area contributed by atoms with E-state index < -0.39 is 36.5 Å². The first-order valence-electron chi connectivity index (χ1n) is 9.98. The zero-order chi connectivity index (χ0) is 20.8. The SMILES string of the molecule is CC/C=C\C/C=C\C/C=C\C[C@@H](O)/C=C/[C@@H]1O[C@@H]([C@@H](O)CCC(=O)O)C[C@H]1O. The van der Waals surface area contributed by atoms with Gasteiger partial charge < -0.3 is 25.2 Å². The van der Waals surface area contributed by atoms with Crippen LogP contribution in [-0.4, -0.2) is 56.9 Å². The van der Waals surface area contributed by atoms with E-state index in [4.69, 9.17) is 9.84 Å². The lowest BCUT2D eigenvalue weighted by atomic mass is 10.0. The second-order valence-corrected chi connectivity index (χ2v) is 6.92. The molecule has 6 heteroatoms. The third-order valence-electron chi connectivity index (χ3n) is 4.45. The normalized spacial score (nSPS) is 25.5. The largest absolute Gasteiger partial charge is 0.481 e. The third-order valence-corrected chi connectivity index (χ3v) is 4.45. The van der Waals surface area contributed by atoms with Gasteiger partial charge in [0, 0.05) is 12.8 Å². The van der Waals surface area contributed by atoms with Crippen LogP contribution in [0.3, 0.4) is 0 Å². The zero-order valence-corrected chi connectivity index (χ0v) is 16.6. The molecule has 0 saturated carbocycles. The highest BCUT2D eigenvalue weighted by Crippen LogP contribution is 2.25. The Morgan fingerprint density at radius 2 is 1.75 bits per heavy atom. The van der Waals surface area contributed by atoms with Crippen molar-refractivity contribution < 1.29 is 30.0 Å². The fourth-order valence-electron chi connectivity index (χ4n) is 2.86. The first kappa shape index (κ1) is 24.3. The highest BCUT2D eigenvalue weighted by molar-refractivity contribution is 5.66. The summed E-state index contributed by atoms with van der Waals surface area (Å²) in [4.78, 5) is 10.6. The van der Waals surface area contributed by atoms with Gasteiger partial charge in [-0.3, -0.25) is 4.79 Å². The van der Waals surface area contributed by atoms with Crippen LogP contribution in [0.1, 0.15) is 51.9 Å². The summed E-state index contributed by atoms with van der Waals surface area (Å²) < 4.78 is 5.59. The van der Waals surface area contributed by atoms with Crippen LogP contribution < -0.4 is 0 Å². The van der Waals surface area contributed by atoms with E-state index in [0.717, 1.165) is 19.3 Å². The van der Waals surface area contributed by atoms with Crippen molar-refractivity contribution in [3.63, 3.8) is 0 Å². The molecule has 5 atom stereocenters. The van der Waals surface area contributed by atoms with Gasteiger partial charge in [0.2, 0.25) is 0 Å². The number of hydrogen-bond acceptors (Lipinski definition) is 5. The minimum absolute atomic E-state index is 0.0832. The number of hydrogen-bond donors (Lipinski definition) is 4. The van der Waals surface area contributed by atoms with Crippen molar-refractivity contribution in [2.24, 2.45) is 0 Å². The van der Waals surface area contributed by atoms with Gasteiger partial charge in [0.05, 0.1) is 24.4 Å². The van der Waals surface area contributed by atoms with Gasteiger partial charge in [0.25, 0.3) is 0 Å². The summed E-state index contributed by atoms with van der Waals surface area (Å²) >= 11 is 0. The van der Waals surface area contributed by atoms with Crippen LogP contribution in [-0.2, 0) is 9.53 Å². The monoisotopic (exact) mass is 394 g/mol. The highest BCUT2D eigenvalue weighted by atomic mass is 16.5. The summed E-state index contributed by atoms with van der Waals surface area (Å²) in [5.41, 5.74) is 0.